The van der Waals surface area contributed by atoms with Crippen LogP contribution in [0.15, 0.2) is 0 Å². The zero-order valence-electron chi connectivity index (χ0n) is 14.2. The monoisotopic (exact) mass is 286 g/mol. The molecule has 0 amide bonds. The van der Waals surface area contributed by atoms with Crippen LogP contribution in [-0.4, -0.2) is 32.2 Å². The predicted molar refractivity (Wildman–Crippen MR) is 84.0 cm³/mol. The van der Waals surface area contributed by atoms with Gasteiger partial charge in [-0.25, -0.2) is 0 Å². The first kappa shape index (κ1) is 19.6. The summed E-state index contributed by atoms with van der Waals surface area (Å²) >= 11 is 0. The van der Waals surface area contributed by atoms with Crippen LogP contribution in [0.25, 0.3) is 0 Å². The second kappa shape index (κ2) is 11.3. The quantitative estimate of drug-likeness (QED) is 0.503. The van der Waals surface area contributed by atoms with E-state index in [0.29, 0.717) is 12.0 Å². The Hall–Kier alpha value is -0.410. The Morgan fingerprint density at radius 2 is 1.40 bits per heavy atom. The lowest BCUT2D eigenvalue weighted by Gasteiger charge is -2.17. The van der Waals surface area contributed by atoms with Crippen molar-refractivity contribution in [1.29, 1.82) is 0 Å². The molecular formula is C17H34O3. The summed E-state index contributed by atoms with van der Waals surface area (Å²) in [5.41, 5.74) is 0.435. The van der Waals surface area contributed by atoms with Crippen LogP contribution in [0, 0.1) is 11.3 Å². The number of Topliss-reactive ketones (excluding diaryl/α,β-unsaturated/α-hetero) is 1. The van der Waals surface area contributed by atoms with Crippen LogP contribution in [0.3, 0.4) is 0 Å². The molecule has 0 heterocycles. The van der Waals surface area contributed by atoms with Crippen LogP contribution >= 0.6 is 0 Å². The Kier molecular flexibility index (Phi) is 11.0. The predicted octanol–water partition coefficient (Wildman–Crippen LogP) is 4.24. The summed E-state index contributed by atoms with van der Waals surface area (Å²) in [6, 6.07) is 0. The topological polar surface area (TPSA) is 35.5 Å². The Morgan fingerprint density at radius 1 is 0.900 bits per heavy atom. The smallest absolute Gasteiger partial charge is 0.160 e. The highest BCUT2D eigenvalue weighted by atomic mass is 16.5. The summed E-state index contributed by atoms with van der Waals surface area (Å²) in [5.74, 6) is 0.256. The summed E-state index contributed by atoms with van der Waals surface area (Å²) in [5, 5.41) is 0. The van der Waals surface area contributed by atoms with Crippen LogP contribution in [0.4, 0.5) is 0 Å². The van der Waals surface area contributed by atoms with Crippen molar-refractivity contribution < 1.29 is 14.3 Å². The average Bonchev–Trinajstić information content (AvgIpc) is 2.34. The van der Waals surface area contributed by atoms with E-state index >= 15 is 0 Å². The van der Waals surface area contributed by atoms with Crippen molar-refractivity contribution in [1.82, 2.24) is 0 Å². The summed E-state index contributed by atoms with van der Waals surface area (Å²) in [7, 11) is 0. The maximum absolute atomic E-state index is 11.3. The molecule has 0 fully saturated rings. The molecule has 120 valence electrons. The Labute approximate surface area is 125 Å². The number of hydrogen-bond donors (Lipinski definition) is 0. The molecule has 0 rings (SSSR count). The highest BCUT2D eigenvalue weighted by Crippen LogP contribution is 2.21. The first-order valence-electron chi connectivity index (χ1n) is 8.01. The van der Waals surface area contributed by atoms with Crippen LogP contribution < -0.4 is 0 Å². The Balaban J connectivity index is 3.16. The van der Waals surface area contributed by atoms with Gasteiger partial charge >= 0.3 is 0 Å². The molecule has 0 saturated carbocycles. The Bertz CT molecular complexity index is 241. The van der Waals surface area contributed by atoms with Gasteiger partial charge in [0.05, 0.1) is 0 Å². The van der Waals surface area contributed by atoms with Gasteiger partial charge in [-0.1, -0.05) is 41.0 Å². The van der Waals surface area contributed by atoms with Gasteiger partial charge in [0.15, 0.2) is 5.78 Å². The van der Waals surface area contributed by atoms with Gasteiger partial charge in [-0.2, -0.15) is 0 Å². The Morgan fingerprint density at radius 3 is 1.90 bits per heavy atom. The largest absolute Gasteiger partial charge is 0.381 e. The third-order valence-electron chi connectivity index (χ3n) is 3.18. The number of carbonyl (C=O) groups excluding carboxylic acids is 1. The fourth-order valence-electron chi connectivity index (χ4n) is 1.71. The lowest BCUT2D eigenvalue weighted by atomic mass is 9.90. The van der Waals surface area contributed by atoms with E-state index in [4.69, 9.17) is 9.47 Å². The lowest BCUT2D eigenvalue weighted by molar-refractivity contribution is -0.126. The molecule has 0 N–H and O–H groups in total. The zero-order chi connectivity index (χ0) is 15.4. The summed E-state index contributed by atoms with van der Waals surface area (Å²) in [6.07, 6.45) is 5.62. The van der Waals surface area contributed by atoms with E-state index in [-0.39, 0.29) is 18.3 Å². The molecule has 0 aliphatic rings. The number of ketones is 1. The SMILES string of the molecule is CC(C)C(=O)COCCCCOCCCCC(C)(C)C. The van der Waals surface area contributed by atoms with Crippen LogP contribution in [0.5, 0.6) is 0 Å². The number of carbonyl (C=O) groups is 1. The number of rotatable bonds is 12. The van der Waals surface area contributed by atoms with Gasteiger partial charge < -0.3 is 9.47 Å². The molecule has 0 unspecified atom stereocenters. The van der Waals surface area contributed by atoms with E-state index in [0.717, 1.165) is 32.5 Å². The molecule has 0 aliphatic carbocycles. The summed E-state index contributed by atoms with van der Waals surface area (Å²) in [4.78, 5) is 11.3. The van der Waals surface area contributed by atoms with Crippen molar-refractivity contribution in [2.24, 2.45) is 11.3 Å². The van der Waals surface area contributed by atoms with Gasteiger partial charge in [-0.3, -0.25) is 4.79 Å². The van der Waals surface area contributed by atoms with E-state index in [2.05, 4.69) is 20.8 Å². The van der Waals surface area contributed by atoms with Crippen LogP contribution in [0.2, 0.25) is 0 Å². The summed E-state index contributed by atoms with van der Waals surface area (Å²) in [6.45, 7) is 13.2. The number of unbranched alkanes of at least 4 members (excludes halogenated alkanes) is 2. The first-order chi connectivity index (χ1) is 9.33. The van der Waals surface area contributed by atoms with Crippen LogP contribution in [-0.2, 0) is 14.3 Å². The first-order valence-corrected chi connectivity index (χ1v) is 8.01. The standard InChI is InChI=1S/C17H34O3/c1-15(2)16(18)14-20-13-9-8-12-19-11-7-6-10-17(3,4)5/h15H,6-14H2,1-5H3. The zero-order valence-corrected chi connectivity index (χ0v) is 14.2. The van der Waals surface area contributed by atoms with Crippen molar-refractivity contribution in [2.45, 2.75) is 66.7 Å². The number of hydrogen-bond acceptors (Lipinski definition) is 3. The lowest BCUT2D eigenvalue weighted by Crippen LogP contribution is -2.15. The molecule has 0 aromatic rings. The fourth-order valence-corrected chi connectivity index (χ4v) is 1.71. The molecule has 20 heavy (non-hydrogen) atoms. The molecule has 3 heteroatoms. The van der Waals surface area contributed by atoms with Gasteiger partial charge in [0, 0.05) is 25.7 Å². The highest BCUT2D eigenvalue weighted by Gasteiger charge is 2.08. The minimum absolute atomic E-state index is 0.0754. The molecule has 3 nitrogen and oxygen atoms in total. The molecule has 0 bridgehead atoms. The van der Waals surface area contributed by atoms with E-state index in [9.17, 15) is 4.79 Å². The van der Waals surface area contributed by atoms with Gasteiger partial charge in [0.1, 0.15) is 6.61 Å². The molecular weight excluding hydrogens is 252 g/mol. The van der Waals surface area contributed by atoms with Crippen molar-refractivity contribution in [2.75, 3.05) is 26.4 Å². The molecule has 0 spiro atoms. The second-order valence-corrected chi connectivity index (χ2v) is 7.01. The third kappa shape index (κ3) is 14.0. The third-order valence-corrected chi connectivity index (χ3v) is 3.18. The van der Waals surface area contributed by atoms with Crippen molar-refractivity contribution in [3.05, 3.63) is 0 Å². The molecule has 0 radical (unpaired) electrons. The normalized spacial score (nSPS) is 12.1. The second-order valence-electron chi connectivity index (χ2n) is 7.01. The summed E-state index contributed by atoms with van der Waals surface area (Å²) < 4.78 is 10.9. The number of ether oxygens (including phenoxy) is 2. The maximum Gasteiger partial charge on any atom is 0.160 e. The minimum Gasteiger partial charge on any atom is -0.381 e. The van der Waals surface area contributed by atoms with Gasteiger partial charge in [-0.05, 0) is 31.1 Å². The fraction of sp³-hybridized carbons (Fsp3) is 0.941. The maximum atomic E-state index is 11.3. The van der Waals surface area contributed by atoms with E-state index in [1.54, 1.807) is 0 Å². The van der Waals surface area contributed by atoms with Gasteiger partial charge in [0.2, 0.25) is 0 Å². The van der Waals surface area contributed by atoms with Gasteiger partial charge in [0.25, 0.3) is 0 Å². The average molecular weight is 286 g/mol. The molecule has 0 aromatic heterocycles. The molecule has 0 saturated heterocycles. The van der Waals surface area contributed by atoms with Crippen molar-refractivity contribution in [3.63, 3.8) is 0 Å². The van der Waals surface area contributed by atoms with Gasteiger partial charge in [-0.15, -0.1) is 0 Å². The van der Waals surface area contributed by atoms with E-state index in [1.165, 1.54) is 12.8 Å². The van der Waals surface area contributed by atoms with Crippen LogP contribution in [0.1, 0.15) is 66.7 Å². The highest BCUT2D eigenvalue weighted by molar-refractivity contribution is 5.81. The molecule has 0 aliphatic heterocycles. The van der Waals surface area contributed by atoms with E-state index in [1.807, 2.05) is 13.8 Å². The van der Waals surface area contributed by atoms with Crippen molar-refractivity contribution in [3.8, 4) is 0 Å². The minimum atomic E-state index is 0.0754. The molecule has 0 aromatic carbocycles. The van der Waals surface area contributed by atoms with E-state index < -0.39 is 0 Å². The van der Waals surface area contributed by atoms with Crippen molar-refractivity contribution >= 4 is 5.78 Å². The molecule has 0 atom stereocenters.